The number of rotatable bonds is 9. The minimum atomic E-state index is 0.594. The minimum absolute atomic E-state index is 0.594. The van der Waals surface area contributed by atoms with Crippen molar-refractivity contribution in [3.63, 3.8) is 0 Å². The number of benzene rings is 3. The van der Waals surface area contributed by atoms with Crippen molar-refractivity contribution in [1.82, 2.24) is 5.32 Å². The Morgan fingerprint density at radius 2 is 1.52 bits per heavy atom. The predicted molar refractivity (Wildman–Crippen MR) is 110 cm³/mol. The van der Waals surface area contributed by atoms with Crippen molar-refractivity contribution < 1.29 is 9.47 Å². The smallest absolute Gasteiger partial charge is 0.122 e. The van der Waals surface area contributed by atoms with Crippen molar-refractivity contribution in [3.05, 3.63) is 95.1 Å². The molecule has 0 amide bonds. The molecule has 0 fully saturated rings. The van der Waals surface area contributed by atoms with Crippen LogP contribution in [-0.4, -0.2) is 13.7 Å². The Labute approximate surface area is 162 Å². The zero-order chi connectivity index (χ0) is 18.9. The lowest BCUT2D eigenvalue weighted by molar-refractivity contribution is 0.306. The van der Waals surface area contributed by atoms with E-state index in [1.54, 1.807) is 7.11 Å². The van der Waals surface area contributed by atoms with E-state index in [1.807, 2.05) is 30.3 Å². The molecule has 0 aliphatic rings. The number of ether oxygens (including phenoxy) is 2. The number of nitrogens with one attached hydrogen (secondary N) is 1. The van der Waals surface area contributed by atoms with Crippen molar-refractivity contribution in [2.24, 2.45) is 0 Å². The van der Waals surface area contributed by atoms with Gasteiger partial charge in [-0.1, -0.05) is 60.2 Å². The first-order chi connectivity index (χ1) is 13.2. The molecule has 0 aliphatic heterocycles. The van der Waals surface area contributed by atoms with Gasteiger partial charge in [0.05, 0.1) is 7.11 Å². The fourth-order valence-electron chi connectivity index (χ4n) is 2.92. The maximum Gasteiger partial charge on any atom is 0.122 e. The molecular weight excluding hydrogens is 334 g/mol. The van der Waals surface area contributed by atoms with Gasteiger partial charge in [-0.2, -0.15) is 0 Å². The Hall–Kier alpha value is -2.78. The maximum absolute atomic E-state index is 5.86. The number of aryl methyl sites for hydroxylation is 1. The third-order valence-electron chi connectivity index (χ3n) is 4.54. The average molecular weight is 361 g/mol. The van der Waals surface area contributed by atoms with E-state index in [0.29, 0.717) is 6.61 Å². The van der Waals surface area contributed by atoms with Crippen LogP contribution in [0.4, 0.5) is 0 Å². The van der Waals surface area contributed by atoms with Crippen molar-refractivity contribution >= 4 is 0 Å². The lowest BCUT2D eigenvalue weighted by Gasteiger charge is -2.10. The molecule has 140 valence electrons. The van der Waals surface area contributed by atoms with E-state index in [-0.39, 0.29) is 0 Å². The molecule has 0 aliphatic carbocycles. The van der Waals surface area contributed by atoms with Crippen LogP contribution in [0.5, 0.6) is 11.5 Å². The van der Waals surface area contributed by atoms with Crippen molar-refractivity contribution in [2.75, 3.05) is 13.7 Å². The molecule has 0 saturated heterocycles. The van der Waals surface area contributed by atoms with Gasteiger partial charge >= 0.3 is 0 Å². The molecule has 27 heavy (non-hydrogen) atoms. The summed E-state index contributed by atoms with van der Waals surface area (Å²) >= 11 is 0. The highest BCUT2D eigenvalue weighted by Crippen LogP contribution is 2.17. The van der Waals surface area contributed by atoms with Crippen LogP contribution in [0.15, 0.2) is 72.8 Å². The predicted octanol–water partition coefficient (Wildman–Crippen LogP) is 4.91. The molecular formula is C24H27NO2. The van der Waals surface area contributed by atoms with Gasteiger partial charge in [-0.3, -0.25) is 0 Å². The second kappa shape index (κ2) is 9.79. The molecule has 0 bridgehead atoms. The molecule has 0 atom stereocenters. The third-order valence-corrected chi connectivity index (χ3v) is 4.54. The van der Waals surface area contributed by atoms with Gasteiger partial charge in [0, 0.05) is 6.54 Å². The Morgan fingerprint density at radius 1 is 0.815 bits per heavy atom. The van der Waals surface area contributed by atoms with Gasteiger partial charge in [-0.05, 0) is 54.8 Å². The molecule has 3 aromatic rings. The molecule has 0 aromatic heterocycles. The van der Waals surface area contributed by atoms with Gasteiger partial charge < -0.3 is 14.8 Å². The van der Waals surface area contributed by atoms with E-state index in [9.17, 15) is 0 Å². The summed E-state index contributed by atoms with van der Waals surface area (Å²) < 4.78 is 11.3. The standard InChI is InChI=1S/C24H27NO2/c1-19-7-9-21(10-8-19)18-27-23-13-11-20(12-14-23)17-25-16-15-22-5-3-4-6-24(22)26-2/h3-14,25H,15-18H2,1-2H3. The Kier molecular flexibility index (Phi) is 6.89. The van der Waals surface area contributed by atoms with Gasteiger partial charge in [0.15, 0.2) is 0 Å². The van der Waals surface area contributed by atoms with Gasteiger partial charge in [0.1, 0.15) is 18.1 Å². The van der Waals surface area contributed by atoms with Gasteiger partial charge in [0.25, 0.3) is 0 Å². The molecule has 1 N–H and O–H groups in total. The van der Waals surface area contributed by atoms with Crippen LogP contribution in [0.2, 0.25) is 0 Å². The van der Waals surface area contributed by atoms with Crippen LogP contribution in [0.1, 0.15) is 22.3 Å². The molecule has 0 spiro atoms. The highest BCUT2D eigenvalue weighted by Gasteiger charge is 2.01. The first-order valence-corrected chi connectivity index (χ1v) is 9.34. The van der Waals surface area contributed by atoms with Crippen molar-refractivity contribution in [1.29, 1.82) is 0 Å². The van der Waals surface area contributed by atoms with Crippen LogP contribution in [0.25, 0.3) is 0 Å². The second-order valence-corrected chi connectivity index (χ2v) is 6.66. The van der Waals surface area contributed by atoms with E-state index in [2.05, 4.69) is 54.7 Å². The van der Waals surface area contributed by atoms with E-state index < -0.39 is 0 Å². The molecule has 3 heteroatoms. The molecule has 3 nitrogen and oxygen atoms in total. The maximum atomic E-state index is 5.86. The Bertz CT molecular complexity index is 826. The van der Waals surface area contributed by atoms with E-state index in [4.69, 9.17) is 9.47 Å². The number of hydrogen-bond donors (Lipinski definition) is 1. The topological polar surface area (TPSA) is 30.5 Å². The summed E-state index contributed by atoms with van der Waals surface area (Å²) in [4.78, 5) is 0. The first kappa shape index (κ1) is 19.0. The van der Waals surface area contributed by atoms with E-state index in [1.165, 1.54) is 22.3 Å². The second-order valence-electron chi connectivity index (χ2n) is 6.66. The third kappa shape index (κ3) is 5.87. The molecule has 0 heterocycles. The zero-order valence-electron chi connectivity index (χ0n) is 16.1. The average Bonchev–Trinajstić information content (AvgIpc) is 2.72. The van der Waals surface area contributed by atoms with E-state index >= 15 is 0 Å². The number of para-hydroxylation sites is 1. The fourth-order valence-corrected chi connectivity index (χ4v) is 2.92. The lowest BCUT2D eigenvalue weighted by atomic mass is 10.1. The Morgan fingerprint density at radius 3 is 2.26 bits per heavy atom. The molecule has 0 saturated carbocycles. The highest BCUT2D eigenvalue weighted by atomic mass is 16.5. The van der Waals surface area contributed by atoms with Crippen LogP contribution in [0.3, 0.4) is 0 Å². The van der Waals surface area contributed by atoms with Crippen LogP contribution < -0.4 is 14.8 Å². The monoisotopic (exact) mass is 361 g/mol. The summed E-state index contributed by atoms with van der Waals surface area (Å²) in [5, 5.41) is 3.49. The summed E-state index contributed by atoms with van der Waals surface area (Å²) in [5.74, 6) is 1.85. The molecule has 0 radical (unpaired) electrons. The summed E-state index contributed by atoms with van der Waals surface area (Å²) in [6.07, 6.45) is 0.946. The molecule has 0 unspecified atom stereocenters. The zero-order valence-corrected chi connectivity index (χ0v) is 16.1. The largest absolute Gasteiger partial charge is 0.496 e. The molecule has 3 aromatic carbocycles. The Balaban J connectivity index is 1.41. The summed E-state index contributed by atoms with van der Waals surface area (Å²) in [6, 6.07) is 24.9. The normalized spacial score (nSPS) is 10.6. The fraction of sp³-hybridized carbons (Fsp3) is 0.250. The van der Waals surface area contributed by atoms with Crippen LogP contribution in [0, 0.1) is 6.92 Å². The SMILES string of the molecule is COc1ccccc1CCNCc1ccc(OCc2ccc(C)cc2)cc1. The number of methoxy groups -OCH3 is 1. The van der Waals surface area contributed by atoms with Gasteiger partial charge in [-0.25, -0.2) is 0 Å². The van der Waals surface area contributed by atoms with Crippen molar-refractivity contribution in [2.45, 2.75) is 26.5 Å². The first-order valence-electron chi connectivity index (χ1n) is 9.34. The summed E-state index contributed by atoms with van der Waals surface area (Å²) in [6.45, 7) is 4.43. The van der Waals surface area contributed by atoms with Gasteiger partial charge in [-0.15, -0.1) is 0 Å². The number of hydrogen-bond acceptors (Lipinski definition) is 3. The lowest BCUT2D eigenvalue weighted by Crippen LogP contribution is -2.16. The minimum Gasteiger partial charge on any atom is -0.496 e. The van der Waals surface area contributed by atoms with Crippen LogP contribution >= 0.6 is 0 Å². The summed E-state index contributed by atoms with van der Waals surface area (Å²) in [7, 11) is 1.72. The quantitative estimate of drug-likeness (QED) is 0.549. The van der Waals surface area contributed by atoms with Crippen molar-refractivity contribution in [3.8, 4) is 11.5 Å². The van der Waals surface area contributed by atoms with Gasteiger partial charge in [0.2, 0.25) is 0 Å². The summed E-state index contributed by atoms with van der Waals surface area (Å²) in [5.41, 5.74) is 4.93. The van der Waals surface area contributed by atoms with E-state index in [0.717, 1.165) is 31.0 Å². The van der Waals surface area contributed by atoms with Crippen LogP contribution in [-0.2, 0) is 19.6 Å². The molecule has 3 rings (SSSR count). The highest BCUT2D eigenvalue weighted by molar-refractivity contribution is 5.33.